The highest BCUT2D eigenvalue weighted by molar-refractivity contribution is 6.24. The van der Waals surface area contributed by atoms with Gasteiger partial charge in [-0.15, -0.1) is 0 Å². The number of carbonyl (C=O) groups excluding carboxylic acids is 1. The van der Waals surface area contributed by atoms with E-state index >= 15 is 0 Å². The lowest BCUT2D eigenvalue weighted by Crippen LogP contribution is -2.35. The van der Waals surface area contributed by atoms with Crippen molar-refractivity contribution < 1.29 is 24.1 Å². The van der Waals surface area contributed by atoms with Gasteiger partial charge in [0.15, 0.2) is 11.5 Å². The standard InChI is InChI=1S/C37H45N3O5/c1-22(2)16-18-38-26-12-10-14-28(40(43)44)32(26)36(5,6)30(38)20-24-34(41)25(35(24)42)21-31-37(7,8)33-27(13-11-15-29(33)45-9)39(31)19-17-23(3)4/h10-15,20-23H,16-19H2,1-9H3. The Labute approximate surface area is 266 Å². The van der Waals surface area contributed by atoms with Gasteiger partial charge >= 0.3 is 0 Å². The first-order valence-electron chi connectivity index (χ1n) is 15.9. The Morgan fingerprint density at radius 1 is 0.956 bits per heavy atom. The van der Waals surface area contributed by atoms with E-state index in [0.717, 1.165) is 53.5 Å². The molecule has 45 heavy (non-hydrogen) atoms. The molecule has 0 spiro atoms. The van der Waals surface area contributed by atoms with E-state index in [2.05, 4.69) is 57.1 Å². The molecule has 0 saturated heterocycles. The number of fused-ring (bicyclic) bond motifs is 2. The third kappa shape index (κ3) is 5.28. The van der Waals surface area contributed by atoms with Gasteiger partial charge in [-0.1, -0.05) is 53.4 Å². The van der Waals surface area contributed by atoms with Crippen LogP contribution in [0.25, 0.3) is 0 Å². The molecule has 8 heteroatoms. The second-order valence-electron chi connectivity index (χ2n) is 14.2. The second kappa shape index (κ2) is 11.6. The van der Waals surface area contributed by atoms with E-state index in [9.17, 15) is 20.0 Å². The van der Waals surface area contributed by atoms with Gasteiger partial charge < -0.3 is 14.7 Å². The number of hydrogen-bond acceptors (Lipinski definition) is 6. The molecular weight excluding hydrogens is 566 g/mol. The third-order valence-corrected chi connectivity index (χ3v) is 9.54. The summed E-state index contributed by atoms with van der Waals surface area (Å²) in [6, 6.07) is 11.1. The zero-order chi connectivity index (χ0) is 33.0. The fourth-order valence-corrected chi connectivity index (χ4v) is 7.02. The quantitative estimate of drug-likeness (QED) is 0.126. The predicted octanol–water partition coefficient (Wildman–Crippen LogP) is 6.88. The number of Topliss-reactive ketones (excluding diaryl/α,β-unsaturated/α-hetero) is 1. The Hall–Kier alpha value is -4.20. The largest absolute Gasteiger partial charge is 0.871 e. The molecule has 0 N–H and O–H groups in total. The Morgan fingerprint density at radius 2 is 1.62 bits per heavy atom. The number of rotatable bonds is 10. The molecule has 0 saturated carbocycles. The van der Waals surface area contributed by atoms with Crippen molar-refractivity contribution in [3.8, 4) is 5.75 Å². The maximum absolute atomic E-state index is 13.8. The molecular formula is C37H45N3O5. The minimum Gasteiger partial charge on any atom is -0.871 e. The van der Waals surface area contributed by atoms with Crippen LogP contribution in [0.15, 0.2) is 71.2 Å². The number of allylic oxidation sites excluding steroid dienone is 5. The lowest BCUT2D eigenvalue weighted by Gasteiger charge is -2.33. The van der Waals surface area contributed by atoms with Gasteiger partial charge in [0.2, 0.25) is 5.69 Å². The van der Waals surface area contributed by atoms with Crippen molar-refractivity contribution in [2.45, 2.75) is 79.1 Å². The number of nitrogens with zero attached hydrogens (tertiary/aromatic N) is 3. The van der Waals surface area contributed by atoms with E-state index in [1.807, 2.05) is 32.0 Å². The van der Waals surface area contributed by atoms with Crippen LogP contribution in [-0.2, 0) is 15.6 Å². The summed E-state index contributed by atoms with van der Waals surface area (Å²) in [7, 11) is 1.66. The smallest absolute Gasteiger partial charge is 0.280 e. The second-order valence-corrected chi connectivity index (χ2v) is 14.2. The molecule has 0 bridgehead atoms. The van der Waals surface area contributed by atoms with Crippen molar-refractivity contribution in [2.75, 3.05) is 25.1 Å². The highest BCUT2D eigenvalue weighted by Gasteiger charge is 2.50. The summed E-state index contributed by atoms with van der Waals surface area (Å²) < 4.78 is 7.81. The van der Waals surface area contributed by atoms with Gasteiger partial charge in [0.25, 0.3) is 5.69 Å². The Kier molecular flexibility index (Phi) is 8.32. The minimum atomic E-state index is -0.781. The van der Waals surface area contributed by atoms with E-state index in [1.165, 1.54) is 6.07 Å². The fourth-order valence-electron chi connectivity index (χ4n) is 7.02. The molecule has 5 rings (SSSR count). The lowest BCUT2D eigenvalue weighted by atomic mass is 9.77. The molecule has 0 fully saturated rings. The van der Waals surface area contributed by atoms with Crippen LogP contribution in [0.5, 0.6) is 5.75 Å². The molecule has 0 radical (unpaired) electrons. The summed E-state index contributed by atoms with van der Waals surface area (Å²) in [6.45, 7) is 18.1. The van der Waals surface area contributed by atoms with Crippen LogP contribution in [-0.4, -0.2) is 41.2 Å². The number of ether oxygens (including phenoxy) is 1. The summed E-state index contributed by atoms with van der Waals surface area (Å²) >= 11 is 0. The first-order chi connectivity index (χ1) is 21.1. The van der Waals surface area contributed by atoms with Gasteiger partial charge in [0.05, 0.1) is 17.4 Å². The Morgan fingerprint density at radius 3 is 2.22 bits per heavy atom. The monoisotopic (exact) mass is 611 g/mol. The van der Waals surface area contributed by atoms with Gasteiger partial charge in [0, 0.05) is 64.7 Å². The van der Waals surface area contributed by atoms with Crippen LogP contribution in [0.3, 0.4) is 0 Å². The topological polar surface area (TPSA) is 98.7 Å². The maximum Gasteiger partial charge on any atom is 0.280 e. The van der Waals surface area contributed by atoms with Gasteiger partial charge in [-0.3, -0.25) is 14.9 Å². The average molecular weight is 612 g/mol. The van der Waals surface area contributed by atoms with Crippen LogP contribution < -0.4 is 14.7 Å². The summed E-state index contributed by atoms with van der Waals surface area (Å²) in [5.41, 5.74) is 4.12. The molecule has 0 unspecified atom stereocenters. The number of ketones is 1. The van der Waals surface area contributed by atoms with E-state index in [-0.39, 0.29) is 33.3 Å². The zero-order valence-corrected chi connectivity index (χ0v) is 28.0. The van der Waals surface area contributed by atoms with Crippen molar-refractivity contribution in [1.29, 1.82) is 0 Å². The molecule has 3 aliphatic rings. The highest BCUT2D eigenvalue weighted by atomic mass is 16.6. The normalized spacial score (nSPS) is 20.1. The molecule has 0 atom stereocenters. The number of nitro groups is 1. The number of anilines is 1. The van der Waals surface area contributed by atoms with Gasteiger partial charge in [0.1, 0.15) is 17.9 Å². The summed E-state index contributed by atoms with van der Waals surface area (Å²) in [5.74, 6) is 1.06. The van der Waals surface area contributed by atoms with Crippen LogP contribution in [0.1, 0.15) is 79.4 Å². The number of benzene rings is 2. The molecule has 2 aliphatic heterocycles. The van der Waals surface area contributed by atoms with Crippen LogP contribution in [0.4, 0.5) is 17.1 Å². The summed E-state index contributed by atoms with van der Waals surface area (Å²) in [5, 5.41) is 25.9. The van der Waals surface area contributed by atoms with Crippen molar-refractivity contribution >= 4 is 28.6 Å². The predicted molar refractivity (Wildman–Crippen MR) is 176 cm³/mol. The van der Waals surface area contributed by atoms with Gasteiger partial charge in [-0.05, 0) is 56.4 Å². The first-order valence-corrected chi connectivity index (χ1v) is 15.9. The molecule has 2 aromatic rings. The molecule has 8 nitrogen and oxygen atoms in total. The van der Waals surface area contributed by atoms with E-state index in [4.69, 9.17) is 4.74 Å². The van der Waals surface area contributed by atoms with Crippen LogP contribution in [0, 0.1) is 22.0 Å². The molecule has 238 valence electrons. The Bertz CT molecular complexity index is 1700. The summed E-state index contributed by atoms with van der Waals surface area (Å²) in [6.07, 6.45) is 5.26. The van der Waals surface area contributed by atoms with Gasteiger partial charge in [-0.2, -0.15) is 4.58 Å². The van der Waals surface area contributed by atoms with Crippen molar-refractivity contribution in [3.63, 3.8) is 0 Å². The third-order valence-electron chi connectivity index (χ3n) is 9.54. The van der Waals surface area contributed by atoms with E-state index in [1.54, 1.807) is 25.3 Å². The lowest BCUT2D eigenvalue weighted by molar-refractivity contribution is -0.440. The number of methoxy groups -OCH3 is 1. The van der Waals surface area contributed by atoms with Crippen LogP contribution >= 0.6 is 0 Å². The molecule has 2 heterocycles. The highest BCUT2D eigenvalue weighted by Crippen LogP contribution is 2.53. The molecule has 2 aromatic carbocycles. The van der Waals surface area contributed by atoms with Gasteiger partial charge in [-0.25, -0.2) is 0 Å². The molecule has 1 aliphatic carbocycles. The van der Waals surface area contributed by atoms with Crippen molar-refractivity contribution in [1.82, 2.24) is 0 Å². The SMILES string of the molecule is COc1cccc2c1C(C)(C)/C(=C\C1=C([O-])C(=C\C3=[N+](CCC(C)C)c4cccc([N+](=O)[O-])c4C3(C)C)/C1=O)N2CCC(C)C. The Balaban J connectivity index is 1.62. The average Bonchev–Trinajstić information content (AvgIpc) is 3.34. The number of carbonyl (C=O) groups is 1. The van der Waals surface area contributed by atoms with Crippen molar-refractivity contribution in [2.24, 2.45) is 11.8 Å². The minimum absolute atomic E-state index is 0.0450. The molecule has 0 amide bonds. The van der Waals surface area contributed by atoms with E-state index in [0.29, 0.717) is 23.9 Å². The number of nitro benzene ring substituents is 1. The number of hydrogen-bond donors (Lipinski definition) is 0. The fraction of sp³-hybridized carbons (Fsp3) is 0.459. The first kappa shape index (κ1) is 32.2. The van der Waals surface area contributed by atoms with E-state index < -0.39 is 10.8 Å². The maximum atomic E-state index is 13.8. The molecule has 0 aromatic heterocycles. The summed E-state index contributed by atoms with van der Waals surface area (Å²) in [4.78, 5) is 27.7. The van der Waals surface area contributed by atoms with Crippen LogP contribution in [0.2, 0.25) is 0 Å². The zero-order valence-electron chi connectivity index (χ0n) is 28.0. The van der Waals surface area contributed by atoms with Crippen molar-refractivity contribution in [3.05, 3.63) is 92.4 Å².